The molecule has 1 amide bonds. The molecule has 0 aliphatic rings. The Balaban J connectivity index is 2.55. The molecule has 5 nitrogen and oxygen atoms in total. The number of hydrogen-bond acceptors (Lipinski definition) is 4. The molecule has 0 radical (unpaired) electrons. The van der Waals surface area contributed by atoms with Gasteiger partial charge in [-0.2, -0.15) is 13.2 Å². The lowest BCUT2D eigenvalue weighted by molar-refractivity contribution is -0.204. The molecule has 0 spiro atoms. The van der Waals surface area contributed by atoms with Crippen LogP contribution in [0, 0.1) is 5.82 Å². The molecule has 0 saturated carbocycles. The van der Waals surface area contributed by atoms with Gasteiger partial charge in [0.2, 0.25) is 0 Å². The minimum absolute atomic E-state index is 0.130. The van der Waals surface area contributed by atoms with Gasteiger partial charge in [-0.1, -0.05) is 35.3 Å². The number of rotatable bonds is 6. The van der Waals surface area contributed by atoms with Crippen molar-refractivity contribution in [1.29, 1.82) is 0 Å². The maximum absolute atomic E-state index is 14.1. The molecule has 156 valence electrons. The quantitative estimate of drug-likeness (QED) is 0.375. The zero-order chi connectivity index (χ0) is 21.8. The fourth-order valence-electron chi connectivity index (χ4n) is 2.30. The molecule has 1 atom stereocenters. The smallest absolute Gasteiger partial charge is 0.441 e. The van der Waals surface area contributed by atoms with Gasteiger partial charge in [-0.25, -0.2) is 9.18 Å². The van der Waals surface area contributed by atoms with Gasteiger partial charge in [0.15, 0.2) is 0 Å². The van der Waals surface area contributed by atoms with Crippen LogP contribution in [0.3, 0.4) is 0 Å². The predicted octanol–water partition coefficient (Wildman–Crippen LogP) is 4.80. The van der Waals surface area contributed by atoms with Crippen molar-refractivity contribution in [2.24, 2.45) is 0 Å². The van der Waals surface area contributed by atoms with Crippen molar-refractivity contribution in [3.8, 4) is 0 Å². The lowest BCUT2D eigenvalue weighted by Gasteiger charge is -2.35. The molecule has 2 aromatic rings. The van der Waals surface area contributed by atoms with E-state index in [1.807, 2.05) is 5.32 Å². The first kappa shape index (κ1) is 22.8. The molecule has 0 aliphatic heterocycles. The van der Waals surface area contributed by atoms with E-state index in [0.29, 0.717) is 0 Å². The predicted molar refractivity (Wildman–Crippen MR) is 99.4 cm³/mol. The summed E-state index contributed by atoms with van der Waals surface area (Å²) in [5.41, 5.74) is -4.38. The van der Waals surface area contributed by atoms with Crippen LogP contribution < -0.4 is 10.6 Å². The van der Waals surface area contributed by atoms with Gasteiger partial charge < -0.3 is 15.4 Å². The zero-order valence-corrected chi connectivity index (χ0v) is 16.3. The maximum atomic E-state index is 14.1. The van der Waals surface area contributed by atoms with Gasteiger partial charge in [0.25, 0.3) is 5.91 Å². The third-order valence-electron chi connectivity index (χ3n) is 3.68. The van der Waals surface area contributed by atoms with E-state index >= 15 is 0 Å². The van der Waals surface area contributed by atoms with Crippen LogP contribution in [-0.2, 0) is 9.53 Å². The topological polar surface area (TPSA) is 67.4 Å². The number of esters is 1. The first-order valence-corrected chi connectivity index (χ1v) is 8.81. The van der Waals surface area contributed by atoms with Gasteiger partial charge in [-0.3, -0.25) is 4.79 Å². The van der Waals surface area contributed by atoms with E-state index < -0.39 is 41.2 Å². The highest BCUT2D eigenvalue weighted by Crippen LogP contribution is 2.34. The Morgan fingerprint density at radius 2 is 1.72 bits per heavy atom. The van der Waals surface area contributed by atoms with Crippen molar-refractivity contribution in [2.75, 3.05) is 11.9 Å². The fraction of sp³-hybridized carbons (Fsp3) is 0.222. The number of benzene rings is 2. The van der Waals surface area contributed by atoms with Crippen molar-refractivity contribution < 1.29 is 31.9 Å². The number of carbonyl (C=O) groups excluding carboxylic acids is 2. The number of alkyl halides is 3. The second-order valence-corrected chi connectivity index (χ2v) is 6.47. The highest BCUT2D eigenvalue weighted by molar-refractivity contribution is 6.34. The Kier molecular flexibility index (Phi) is 6.97. The van der Waals surface area contributed by atoms with Crippen molar-refractivity contribution in [2.45, 2.75) is 18.8 Å². The van der Waals surface area contributed by atoms with Crippen LogP contribution in [0.15, 0.2) is 42.5 Å². The van der Waals surface area contributed by atoms with E-state index in [9.17, 15) is 27.2 Å². The first-order valence-electron chi connectivity index (χ1n) is 8.06. The van der Waals surface area contributed by atoms with E-state index in [4.69, 9.17) is 23.2 Å². The monoisotopic (exact) mass is 452 g/mol. The summed E-state index contributed by atoms with van der Waals surface area (Å²) in [6, 6.07) is 7.88. The zero-order valence-electron chi connectivity index (χ0n) is 14.7. The molecule has 0 saturated heterocycles. The number of hydrogen-bond donors (Lipinski definition) is 2. The normalized spacial score (nSPS) is 13.3. The minimum atomic E-state index is -5.36. The number of anilines is 1. The molecule has 0 bridgehead atoms. The third-order valence-corrected chi connectivity index (χ3v) is 4.30. The summed E-state index contributed by atoms with van der Waals surface area (Å²) in [6.07, 6.45) is -5.36. The average molecular weight is 453 g/mol. The Bertz CT molecular complexity index is 924. The Morgan fingerprint density at radius 1 is 1.07 bits per heavy atom. The summed E-state index contributed by atoms with van der Waals surface area (Å²) in [5.74, 6) is -4.00. The van der Waals surface area contributed by atoms with E-state index in [1.165, 1.54) is 31.2 Å². The molecule has 11 heteroatoms. The lowest BCUT2D eigenvalue weighted by Crippen LogP contribution is -2.69. The fourth-order valence-corrected chi connectivity index (χ4v) is 2.71. The standard InChI is InChI=1S/C18H14Cl2F4N2O3/c1-2-29-16(28)17(18(22,23)24,25-10-7-8-14(21)13(20)9-10)26-15(27)11-5-3-4-6-12(11)19/h3-9,25H,2H2,1H3,(H,26,27)/t17-/m1/s1. The largest absolute Gasteiger partial charge is 0.463 e. The molecule has 0 aromatic heterocycles. The van der Waals surface area contributed by atoms with Crippen LogP contribution in [-0.4, -0.2) is 30.3 Å². The number of carbonyl (C=O) groups is 2. The first-order chi connectivity index (χ1) is 13.5. The van der Waals surface area contributed by atoms with Crippen LogP contribution in [0.2, 0.25) is 10.0 Å². The van der Waals surface area contributed by atoms with Gasteiger partial charge in [0, 0.05) is 5.69 Å². The Morgan fingerprint density at radius 3 is 2.28 bits per heavy atom. The van der Waals surface area contributed by atoms with E-state index in [0.717, 1.165) is 18.2 Å². The van der Waals surface area contributed by atoms with Crippen LogP contribution in [0.1, 0.15) is 17.3 Å². The molecule has 0 fully saturated rings. The molecule has 0 heterocycles. The van der Waals surface area contributed by atoms with Crippen LogP contribution in [0.5, 0.6) is 0 Å². The SMILES string of the molecule is CCOC(=O)[C@](NC(=O)c1ccccc1Cl)(Nc1ccc(F)c(Cl)c1)C(F)(F)F. The number of nitrogens with one attached hydrogen (secondary N) is 2. The van der Waals surface area contributed by atoms with Crippen LogP contribution >= 0.6 is 23.2 Å². The molecule has 2 aromatic carbocycles. The number of halogens is 6. The third kappa shape index (κ3) is 4.91. The summed E-state index contributed by atoms with van der Waals surface area (Å²) < 4.78 is 60.1. The lowest BCUT2D eigenvalue weighted by atomic mass is 10.1. The van der Waals surface area contributed by atoms with Crippen molar-refractivity contribution in [1.82, 2.24) is 5.32 Å². The summed E-state index contributed by atoms with van der Waals surface area (Å²) in [5, 5.41) is 2.88. The number of amides is 1. The van der Waals surface area contributed by atoms with Crippen LogP contribution in [0.4, 0.5) is 23.2 Å². The second-order valence-electron chi connectivity index (χ2n) is 5.66. The Labute approximate surface area is 172 Å². The summed E-state index contributed by atoms with van der Waals surface area (Å²) in [6.45, 7) is 0.897. The second kappa shape index (κ2) is 8.87. The maximum Gasteiger partial charge on any atom is 0.441 e. The molecule has 2 N–H and O–H groups in total. The molecular weight excluding hydrogens is 439 g/mol. The average Bonchev–Trinajstić information content (AvgIpc) is 2.63. The van der Waals surface area contributed by atoms with Crippen molar-refractivity contribution in [3.05, 3.63) is 63.9 Å². The summed E-state index contributed by atoms with van der Waals surface area (Å²) >= 11 is 11.5. The molecule has 29 heavy (non-hydrogen) atoms. The van der Waals surface area contributed by atoms with Crippen LogP contribution in [0.25, 0.3) is 0 Å². The summed E-state index contributed by atoms with van der Waals surface area (Å²) in [7, 11) is 0. The molecule has 0 aliphatic carbocycles. The van der Waals surface area contributed by atoms with Crippen molar-refractivity contribution >= 4 is 40.8 Å². The molecule has 0 unspecified atom stereocenters. The van der Waals surface area contributed by atoms with Gasteiger partial charge in [-0.05, 0) is 37.3 Å². The molecule has 2 rings (SSSR count). The molecular formula is C18H14Cl2F4N2O3. The highest BCUT2D eigenvalue weighted by Gasteiger charge is 2.63. The summed E-state index contributed by atoms with van der Waals surface area (Å²) in [4.78, 5) is 24.9. The van der Waals surface area contributed by atoms with Gasteiger partial charge in [-0.15, -0.1) is 0 Å². The van der Waals surface area contributed by atoms with E-state index in [2.05, 4.69) is 4.74 Å². The van der Waals surface area contributed by atoms with E-state index in [-0.39, 0.29) is 16.3 Å². The van der Waals surface area contributed by atoms with Gasteiger partial charge >= 0.3 is 17.8 Å². The Hall–Kier alpha value is -2.52. The van der Waals surface area contributed by atoms with Gasteiger partial charge in [0.1, 0.15) is 5.82 Å². The minimum Gasteiger partial charge on any atom is -0.463 e. The highest BCUT2D eigenvalue weighted by atomic mass is 35.5. The van der Waals surface area contributed by atoms with E-state index in [1.54, 1.807) is 5.32 Å². The van der Waals surface area contributed by atoms with Crippen molar-refractivity contribution in [3.63, 3.8) is 0 Å². The van der Waals surface area contributed by atoms with Gasteiger partial charge in [0.05, 0.1) is 22.2 Å². The number of ether oxygens (including phenoxy) is 1.